The van der Waals surface area contributed by atoms with Crippen molar-refractivity contribution in [2.24, 2.45) is 0 Å². The van der Waals surface area contributed by atoms with Gasteiger partial charge in [-0.2, -0.15) is 0 Å². The molecule has 19 heavy (non-hydrogen) atoms. The molecule has 5 nitrogen and oxygen atoms in total. The predicted octanol–water partition coefficient (Wildman–Crippen LogP) is 1.69. The molecule has 1 unspecified atom stereocenters. The van der Waals surface area contributed by atoms with Crippen LogP contribution in [0.15, 0.2) is 12.4 Å². The molecule has 0 saturated carbocycles. The van der Waals surface area contributed by atoms with Crippen molar-refractivity contribution < 1.29 is 4.79 Å². The smallest absolute Gasteiger partial charge is 0.274 e. The Balaban J connectivity index is 2.20. The number of amides is 1. The Kier molecular flexibility index (Phi) is 4.71. The normalized spacial score (nSPS) is 21.2. The molecule has 1 aromatic heterocycles. The summed E-state index contributed by atoms with van der Waals surface area (Å²) in [6.07, 6.45) is 4.83. The Labute approximate surface area is 118 Å². The van der Waals surface area contributed by atoms with Gasteiger partial charge in [-0.05, 0) is 26.4 Å². The van der Waals surface area contributed by atoms with E-state index in [2.05, 4.69) is 28.8 Å². The highest BCUT2D eigenvalue weighted by Gasteiger charge is 2.27. The van der Waals surface area contributed by atoms with Crippen LogP contribution in [0.5, 0.6) is 0 Å². The van der Waals surface area contributed by atoms with E-state index in [1.54, 1.807) is 0 Å². The second-order valence-corrected chi connectivity index (χ2v) is 5.29. The molecule has 0 radical (unpaired) electrons. The molecule has 1 saturated heterocycles. The minimum atomic E-state index is -0.0721. The van der Waals surface area contributed by atoms with Crippen molar-refractivity contribution in [3.63, 3.8) is 0 Å². The molecule has 0 aliphatic carbocycles. The van der Waals surface area contributed by atoms with E-state index < -0.39 is 0 Å². The molecule has 1 aromatic rings. The van der Waals surface area contributed by atoms with Gasteiger partial charge >= 0.3 is 0 Å². The van der Waals surface area contributed by atoms with Crippen molar-refractivity contribution in [2.75, 3.05) is 26.7 Å². The molecule has 104 valence electrons. The summed E-state index contributed by atoms with van der Waals surface area (Å²) < 4.78 is 0. The molecule has 0 spiro atoms. The number of nitrogens with zero attached hydrogens (tertiary/aromatic N) is 4. The molecule has 2 rings (SSSR count). The lowest BCUT2D eigenvalue weighted by molar-refractivity contribution is 0.0669. The van der Waals surface area contributed by atoms with E-state index in [0.29, 0.717) is 5.69 Å². The average molecular weight is 283 g/mol. The van der Waals surface area contributed by atoms with E-state index in [-0.39, 0.29) is 17.1 Å². The molecule has 0 N–H and O–H groups in total. The first kappa shape index (κ1) is 14.2. The molecular formula is C13H19ClN4O. The van der Waals surface area contributed by atoms with E-state index in [0.717, 1.165) is 32.5 Å². The first-order chi connectivity index (χ1) is 9.11. The Morgan fingerprint density at radius 1 is 1.47 bits per heavy atom. The van der Waals surface area contributed by atoms with Crippen LogP contribution in [0, 0.1) is 0 Å². The summed E-state index contributed by atoms with van der Waals surface area (Å²) in [5.41, 5.74) is 0.329. The molecule has 1 aliphatic rings. The van der Waals surface area contributed by atoms with Crippen LogP contribution in [-0.2, 0) is 0 Å². The highest BCUT2D eigenvalue weighted by molar-refractivity contribution is 6.29. The topological polar surface area (TPSA) is 49.3 Å². The predicted molar refractivity (Wildman–Crippen MR) is 74.3 cm³/mol. The lowest BCUT2D eigenvalue weighted by Crippen LogP contribution is -2.43. The Bertz CT molecular complexity index is 454. The fourth-order valence-corrected chi connectivity index (χ4v) is 2.60. The first-order valence-corrected chi connectivity index (χ1v) is 6.96. The van der Waals surface area contributed by atoms with Crippen LogP contribution in [0.3, 0.4) is 0 Å². The zero-order valence-corrected chi connectivity index (χ0v) is 12.1. The molecule has 2 heterocycles. The minimum absolute atomic E-state index is 0.0721. The van der Waals surface area contributed by atoms with E-state index in [1.807, 2.05) is 4.90 Å². The van der Waals surface area contributed by atoms with Gasteiger partial charge in [-0.15, -0.1) is 0 Å². The van der Waals surface area contributed by atoms with Crippen LogP contribution >= 0.6 is 11.6 Å². The lowest BCUT2D eigenvalue weighted by Gasteiger charge is -2.29. The maximum Gasteiger partial charge on any atom is 0.274 e. The molecule has 0 bridgehead atoms. The van der Waals surface area contributed by atoms with Gasteiger partial charge in [0.1, 0.15) is 10.8 Å². The maximum atomic E-state index is 12.5. The highest BCUT2D eigenvalue weighted by atomic mass is 35.5. The van der Waals surface area contributed by atoms with Gasteiger partial charge in [0.2, 0.25) is 0 Å². The van der Waals surface area contributed by atoms with Crippen molar-refractivity contribution in [3.05, 3.63) is 23.2 Å². The summed E-state index contributed by atoms with van der Waals surface area (Å²) in [4.78, 5) is 24.7. The maximum absolute atomic E-state index is 12.5. The van der Waals surface area contributed by atoms with E-state index in [4.69, 9.17) is 11.6 Å². The average Bonchev–Trinajstić information content (AvgIpc) is 2.59. The number of halogens is 1. The fourth-order valence-electron chi connectivity index (χ4n) is 2.45. The molecule has 0 aromatic carbocycles. The molecular weight excluding hydrogens is 264 g/mol. The summed E-state index contributed by atoms with van der Waals surface area (Å²) in [6.45, 7) is 4.78. The summed E-state index contributed by atoms with van der Waals surface area (Å²) in [5.74, 6) is -0.0721. The molecule has 1 aliphatic heterocycles. The lowest BCUT2D eigenvalue weighted by atomic mass is 10.1. The van der Waals surface area contributed by atoms with Gasteiger partial charge in [-0.1, -0.05) is 18.5 Å². The van der Waals surface area contributed by atoms with Crippen molar-refractivity contribution in [2.45, 2.75) is 25.8 Å². The fraction of sp³-hybridized carbons (Fsp3) is 0.615. The second-order valence-electron chi connectivity index (χ2n) is 4.90. The van der Waals surface area contributed by atoms with E-state index >= 15 is 0 Å². The van der Waals surface area contributed by atoms with Crippen LogP contribution in [0.2, 0.25) is 5.15 Å². The van der Waals surface area contributed by atoms with E-state index in [9.17, 15) is 4.79 Å². The highest BCUT2D eigenvalue weighted by Crippen LogP contribution is 2.15. The van der Waals surface area contributed by atoms with Gasteiger partial charge < -0.3 is 9.80 Å². The van der Waals surface area contributed by atoms with Crippen molar-refractivity contribution in [1.82, 2.24) is 19.8 Å². The number of carbonyl (C=O) groups is 1. The number of rotatable bonds is 2. The van der Waals surface area contributed by atoms with Gasteiger partial charge in [0.05, 0.1) is 12.4 Å². The third kappa shape index (κ3) is 3.42. The van der Waals surface area contributed by atoms with Crippen molar-refractivity contribution >= 4 is 17.5 Å². The van der Waals surface area contributed by atoms with Gasteiger partial charge in [0.15, 0.2) is 0 Å². The quantitative estimate of drug-likeness (QED) is 0.828. The van der Waals surface area contributed by atoms with Gasteiger partial charge in [-0.25, -0.2) is 4.98 Å². The largest absolute Gasteiger partial charge is 0.333 e. The van der Waals surface area contributed by atoms with Gasteiger partial charge in [0, 0.05) is 19.1 Å². The van der Waals surface area contributed by atoms with E-state index in [1.165, 1.54) is 12.4 Å². The summed E-state index contributed by atoms with van der Waals surface area (Å²) in [5, 5.41) is 0.255. The first-order valence-electron chi connectivity index (χ1n) is 6.59. The monoisotopic (exact) mass is 282 g/mol. The Hall–Kier alpha value is -1.20. The van der Waals surface area contributed by atoms with Crippen molar-refractivity contribution in [1.29, 1.82) is 0 Å². The van der Waals surface area contributed by atoms with Gasteiger partial charge in [-0.3, -0.25) is 9.78 Å². The standard InChI is InChI=1S/C13H19ClN4O/c1-3-10-9-17(2)5-4-6-18(10)13(19)11-7-15-8-12(14)16-11/h7-8,10H,3-6,9H2,1-2H3. The van der Waals surface area contributed by atoms with Crippen LogP contribution in [-0.4, -0.2) is 58.4 Å². The number of likely N-dealkylation sites (N-methyl/N-ethyl adjacent to an activating group) is 1. The summed E-state index contributed by atoms with van der Waals surface area (Å²) in [7, 11) is 2.09. The Morgan fingerprint density at radius 3 is 2.95 bits per heavy atom. The summed E-state index contributed by atoms with van der Waals surface area (Å²) in [6, 6.07) is 0.223. The third-order valence-electron chi connectivity index (χ3n) is 3.46. The Morgan fingerprint density at radius 2 is 2.26 bits per heavy atom. The zero-order valence-electron chi connectivity index (χ0n) is 11.3. The van der Waals surface area contributed by atoms with Gasteiger partial charge in [0.25, 0.3) is 5.91 Å². The number of carbonyl (C=O) groups excluding carboxylic acids is 1. The molecule has 1 atom stereocenters. The molecule has 1 amide bonds. The van der Waals surface area contributed by atoms with Crippen LogP contribution in [0.25, 0.3) is 0 Å². The summed E-state index contributed by atoms with van der Waals surface area (Å²) >= 11 is 5.80. The third-order valence-corrected chi connectivity index (χ3v) is 3.64. The SMILES string of the molecule is CCC1CN(C)CCCN1C(=O)c1cncc(Cl)n1. The van der Waals surface area contributed by atoms with Crippen LogP contribution in [0.1, 0.15) is 30.3 Å². The molecule has 6 heteroatoms. The number of aromatic nitrogens is 2. The zero-order chi connectivity index (χ0) is 13.8. The van der Waals surface area contributed by atoms with Crippen LogP contribution in [0.4, 0.5) is 0 Å². The van der Waals surface area contributed by atoms with Crippen LogP contribution < -0.4 is 0 Å². The number of hydrogen-bond donors (Lipinski definition) is 0. The second kappa shape index (κ2) is 6.30. The minimum Gasteiger partial charge on any atom is -0.333 e. The van der Waals surface area contributed by atoms with Crippen molar-refractivity contribution in [3.8, 4) is 0 Å². The number of hydrogen-bond acceptors (Lipinski definition) is 4. The molecule has 1 fully saturated rings.